The molecule has 8 rings (SSSR count). The summed E-state index contributed by atoms with van der Waals surface area (Å²) in [5.41, 5.74) is 10.4. The fourth-order valence-electron chi connectivity index (χ4n) is 9.63. The number of aromatic nitrogens is 4. The van der Waals surface area contributed by atoms with Crippen LogP contribution in [0, 0.1) is 40.5 Å². The highest BCUT2D eigenvalue weighted by Gasteiger charge is 2.38. The maximum Gasteiger partial charge on any atom is 0.335 e. The molecule has 0 bridgehead atoms. The molecule has 12 heteroatoms. The zero-order valence-electron chi connectivity index (χ0n) is 34.7. The first-order valence-corrected chi connectivity index (χ1v) is 21.0. The Hall–Kier alpha value is -4.77. The summed E-state index contributed by atoms with van der Waals surface area (Å²) in [6, 6.07) is 13.2. The molecule has 0 unspecified atom stereocenters. The molecule has 304 valence electrons. The maximum absolute atomic E-state index is 15.2. The highest BCUT2D eigenvalue weighted by atomic mass is 35.5. The first kappa shape index (κ1) is 40.0. The molecular formula is C46H52Cl2N6O4. The second-order valence-corrected chi connectivity index (χ2v) is 17.5. The number of fused-ring (bicyclic) bond motifs is 4. The summed E-state index contributed by atoms with van der Waals surface area (Å²) in [6.45, 7) is 16.2. The van der Waals surface area contributed by atoms with Gasteiger partial charge in [0.15, 0.2) is 0 Å². The van der Waals surface area contributed by atoms with E-state index in [1.54, 1.807) is 12.1 Å². The predicted octanol–water partition coefficient (Wildman–Crippen LogP) is 10.1. The molecule has 10 nitrogen and oxygen atoms in total. The minimum atomic E-state index is -0.982. The van der Waals surface area contributed by atoms with Crippen molar-refractivity contribution in [3.63, 3.8) is 0 Å². The Morgan fingerprint density at radius 1 is 0.931 bits per heavy atom. The fraction of sp³-hybridized carbons (Fsp3) is 0.413. The number of ether oxygens (including phenoxy) is 1. The van der Waals surface area contributed by atoms with Gasteiger partial charge in [0.2, 0.25) is 0 Å². The Labute approximate surface area is 349 Å². The average Bonchev–Trinajstić information content (AvgIpc) is 3.79. The lowest BCUT2D eigenvalue weighted by Crippen LogP contribution is -2.43. The summed E-state index contributed by atoms with van der Waals surface area (Å²) in [7, 11) is 4.13. The third kappa shape index (κ3) is 6.86. The van der Waals surface area contributed by atoms with Gasteiger partial charge in [-0.1, -0.05) is 29.3 Å². The SMILES string of the molecule is Cc1cc(OCCCc2c3n(c4c(-c5c(C)nn(CC6CCN(C)CC6)c5C)c(Cl)ccc24)[C@H](C)CN(c2cc4cc(C(=O)O)cc(C)c4n2C)C3=O)cc(C)c1Cl. The number of benzene rings is 3. The minimum Gasteiger partial charge on any atom is -0.494 e. The number of nitrogens with zero attached hydrogens (tertiary/aromatic N) is 6. The first-order valence-electron chi connectivity index (χ1n) is 20.3. The van der Waals surface area contributed by atoms with Gasteiger partial charge in [-0.15, -0.1) is 0 Å². The quantitative estimate of drug-likeness (QED) is 0.138. The molecule has 58 heavy (non-hydrogen) atoms. The number of likely N-dealkylation sites (tertiary alicyclic amines) is 1. The lowest BCUT2D eigenvalue weighted by molar-refractivity contribution is 0.0696. The molecule has 2 aliphatic heterocycles. The van der Waals surface area contributed by atoms with Crippen LogP contribution < -0.4 is 9.64 Å². The van der Waals surface area contributed by atoms with Gasteiger partial charge in [0.1, 0.15) is 17.3 Å². The van der Waals surface area contributed by atoms with Gasteiger partial charge in [0, 0.05) is 58.8 Å². The topological polar surface area (TPSA) is 97.8 Å². The normalized spacial score (nSPS) is 16.6. The van der Waals surface area contributed by atoms with Gasteiger partial charge >= 0.3 is 5.97 Å². The van der Waals surface area contributed by atoms with Crippen molar-refractivity contribution in [2.24, 2.45) is 13.0 Å². The lowest BCUT2D eigenvalue weighted by Gasteiger charge is -2.34. The van der Waals surface area contributed by atoms with E-state index in [0.29, 0.717) is 42.6 Å². The van der Waals surface area contributed by atoms with Crippen LogP contribution >= 0.6 is 23.2 Å². The number of amides is 1. The molecule has 0 spiro atoms. The molecule has 0 saturated carbocycles. The predicted molar refractivity (Wildman–Crippen MR) is 234 cm³/mol. The number of rotatable bonds is 10. The van der Waals surface area contributed by atoms with Crippen LogP contribution in [0.2, 0.25) is 10.0 Å². The molecule has 3 aromatic carbocycles. The highest BCUT2D eigenvalue weighted by Crippen LogP contribution is 2.46. The van der Waals surface area contributed by atoms with E-state index < -0.39 is 5.97 Å². The summed E-state index contributed by atoms with van der Waals surface area (Å²) >= 11 is 13.7. The van der Waals surface area contributed by atoms with Gasteiger partial charge in [-0.05, 0) is 152 Å². The van der Waals surface area contributed by atoms with Crippen molar-refractivity contribution in [1.29, 1.82) is 0 Å². The van der Waals surface area contributed by atoms with E-state index in [9.17, 15) is 9.90 Å². The number of hydrogen-bond acceptors (Lipinski definition) is 5. The zero-order valence-corrected chi connectivity index (χ0v) is 36.2. The van der Waals surface area contributed by atoms with Gasteiger partial charge in [-0.25, -0.2) is 4.79 Å². The Bertz CT molecular complexity index is 2600. The van der Waals surface area contributed by atoms with Crippen LogP contribution in [-0.4, -0.2) is 74.1 Å². The molecule has 0 radical (unpaired) electrons. The van der Waals surface area contributed by atoms with E-state index in [0.717, 1.165) is 116 Å². The van der Waals surface area contributed by atoms with Crippen molar-refractivity contribution in [2.75, 3.05) is 38.2 Å². The van der Waals surface area contributed by atoms with Gasteiger partial charge in [-0.3, -0.25) is 14.4 Å². The maximum atomic E-state index is 15.2. The van der Waals surface area contributed by atoms with E-state index in [1.807, 2.05) is 61.6 Å². The standard InChI is InChI=1S/C46H52Cl2N6O4/c1-25-19-34(20-26(2)41(25)48)58-17-9-10-35-36-11-12-37(47)40(39-29(5)49-53(30(39)6)24-31-13-15-50(7)16-14-31)43(36)54-28(4)23-52(45(55)44(35)54)38-22-32-21-33(46(56)57)18-27(3)42(32)51(38)8/h11-12,18-22,28,31H,9-10,13-17,23-24H2,1-8H3,(H,56,57)/t28-/m1/s1. The number of carboxylic acid groups (broad SMARTS) is 1. The Kier molecular flexibility index (Phi) is 10.7. The molecule has 2 aliphatic rings. The number of aryl methyl sites for hydroxylation is 6. The van der Waals surface area contributed by atoms with Crippen LogP contribution in [0.25, 0.3) is 32.9 Å². The second-order valence-electron chi connectivity index (χ2n) is 16.7. The molecule has 0 aliphatic carbocycles. The Morgan fingerprint density at radius 3 is 2.33 bits per heavy atom. The van der Waals surface area contributed by atoms with E-state index in [1.165, 1.54) is 0 Å². The third-order valence-electron chi connectivity index (χ3n) is 12.5. The van der Waals surface area contributed by atoms with Crippen LogP contribution in [0.4, 0.5) is 5.82 Å². The summed E-state index contributed by atoms with van der Waals surface area (Å²) in [4.78, 5) is 31.4. The van der Waals surface area contributed by atoms with Crippen molar-refractivity contribution < 1.29 is 19.4 Å². The second kappa shape index (κ2) is 15.4. The van der Waals surface area contributed by atoms with Crippen molar-refractivity contribution in [1.82, 2.24) is 23.8 Å². The number of carbonyl (C=O) groups excluding carboxylic acids is 1. The third-order valence-corrected chi connectivity index (χ3v) is 13.4. The highest BCUT2D eigenvalue weighted by molar-refractivity contribution is 6.35. The van der Waals surface area contributed by atoms with Gasteiger partial charge < -0.3 is 23.9 Å². The summed E-state index contributed by atoms with van der Waals surface area (Å²) in [5.74, 6) is 0.959. The number of hydrogen-bond donors (Lipinski definition) is 1. The van der Waals surface area contributed by atoms with Crippen LogP contribution in [-0.2, 0) is 20.0 Å². The first-order chi connectivity index (χ1) is 27.6. The molecule has 3 aromatic heterocycles. The number of halogens is 2. The van der Waals surface area contributed by atoms with E-state index in [2.05, 4.69) is 48.0 Å². The largest absolute Gasteiger partial charge is 0.494 e. The summed E-state index contributed by atoms with van der Waals surface area (Å²) in [5, 5.41) is 18.1. The van der Waals surface area contributed by atoms with E-state index in [4.69, 9.17) is 33.0 Å². The van der Waals surface area contributed by atoms with Crippen molar-refractivity contribution in [3.8, 4) is 16.9 Å². The number of aromatic carboxylic acids is 1. The average molecular weight is 824 g/mol. The molecule has 1 atom stereocenters. The van der Waals surface area contributed by atoms with Gasteiger partial charge in [0.05, 0.1) is 33.9 Å². The smallest absolute Gasteiger partial charge is 0.335 e. The Balaban J connectivity index is 1.24. The fourth-order valence-corrected chi connectivity index (χ4v) is 9.98. The molecular weight excluding hydrogens is 771 g/mol. The number of carboxylic acids is 1. The molecule has 1 amide bonds. The van der Waals surface area contributed by atoms with E-state index in [-0.39, 0.29) is 17.5 Å². The molecule has 1 fully saturated rings. The van der Waals surface area contributed by atoms with Crippen molar-refractivity contribution in [2.45, 2.75) is 79.8 Å². The summed E-state index contributed by atoms with van der Waals surface area (Å²) < 4.78 is 12.7. The van der Waals surface area contributed by atoms with Crippen LogP contribution in [0.1, 0.15) is 86.7 Å². The van der Waals surface area contributed by atoms with Crippen molar-refractivity contribution in [3.05, 3.63) is 97.4 Å². The summed E-state index contributed by atoms with van der Waals surface area (Å²) in [6.07, 6.45) is 3.56. The van der Waals surface area contributed by atoms with Crippen LogP contribution in [0.3, 0.4) is 0 Å². The van der Waals surface area contributed by atoms with Crippen molar-refractivity contribution >= 4 is 62.7 Å². The number of carbonyl (C=O) groups is 2. The minimum absolute atomic E-state index is 0.107. The van der Waals surface area contributed by atoms with E-state index >= 15 is 4.79 Å². The molecule has 5 heterocycles. The monoisotopic (exact) mass is 822 g/mol. The van der Waals surface area contributed by atoms with Gasteiger partial charge in [0.25, 0.3) is 5.91 Å². The van der Waals surface area contributed by atoms with Crippen LogP contribution in [0.5, 0.6) is 5.75 Å². The molecule has 1 saturated heterocycles. The zero-order chi connectivity index (χ0) is 41.3. The number of anilines is 1. The van der Waals surface area contributed by atoms with Crippen LogP contribution in [0.15, 0.2) is 42.5 Å². The molecule has 1 N–H and O–H groups in total. The Morgan fingerprint density at radius 2 is 1.64 bits per heavy atom. The number of piperidine rings is 1. The lowest BCUT2D eigenvalue weighted by atomic mass is 9.96. The van der Waals surface area contributed by atoms with Gasteiger partial charge in [-0.2, -0.15) is 5.10 Å². The molecule has 6 aromatic rings.